The summed E-state index contributed by atoms with van der Waals surface area (Å²) in [5.74, 6) is 0.821. The zero-order valence-corrected chi connectivity index (χ0v) is 13.5. The lowest BCUT2D eigenvalue weighted by Gasteiger charge is -2.32. The Bertz CT molecular complexity index is 697. The molecule has 116 valence electrons. The van der Waals surface area contributed by atoms with Gasteiger partial charge in [-0.05, 0) is 34.6 Å². The Morgan fingerprint density at radius 3 is 2.41 bits per heavy atom. The Kier molecular flexibility index (Phi) is 3.26. The van der Waals surface area contributed by atoms with Crippen molar-refractivity contribution >= 4 is 18.5 Å². The van der Waals surface area contributed by atoms with E-state index in [1.165, 1.54) is 0 Å². The van der Waals surface area contributed by atoms with Crippen LogP contribution < -0.4 is 11.2 Å². The van der Waals surface area contributed by atoms with Crippen LogP contribution in [0.15, 0.2) is 18.5 Å². The number of hydrogen-bond acceptors (Lipinski definition) is 6. The Morgan fingerprint density at radius 2 is 1.82 bits per heavy atom. The lowest BCUT2D eigenvalue weighted by Crippen LogP contribution is -2.41. The maximum atomic E-state index is 6.07. The molecule has 7 nitrogen and oxygen atoms in total. The molecule has 0 amide bonds. The highest BCUT2D eigenvalue weighted by atomic mass is 16.7. The van der Waals surface area contributed by atoms with Crippen LogP contribution in [0.4, 0.5) is 5.95 Å². The van der Waals surface area contributed by atoms with Crippen molar-refractivity contribution in [3.63, 3.8) is 0 Å². The van der Waals surface area contributed by atoms with Crippen molar-refractivity contribution < 1.29 is 9.31 Å². The molecule has 0 unspecified atom stereocenters. The van der Waals surface area contributed by atoms with Gasteiger partial charge < -0.3 is 15.0 Å². The van der Waals surface area contributed by atoms with E-state index in [1.807, 2.05) is 40.8 Å². The van der Waals surface area contributed by atoms with Crippen LogP contribution in [-0.4, -0.2) is 38.1 Å². The summed E-state index contributed by atoms with van der Waals surface area (Å²) in [5.41, 5.74) is 6.57. The van der Waals surface area contributed by atoms with Crippen LogP contribution in [0.2, 0.25) is 0 Å². The van der Waals surface area contributed by atoms with Gasteiger partial charge in [0.25, 0.3) is 0 Å². The van der Waals surface area contributed by atoms with Crippen LogP contribution in [0.25, 0.3) is 5.82 Å². The van der Waals surface area contributed by atoms with Crippen LogP contribution >= 0.6 is 0 Å². The Hall–Kier alpha value is -1.93. The van der Waals surface area contributed by atoms with E-state index in [-0.39, 0.29) is 17.2 Å². The molecule has 0 aromatic carbocycles. The van der Waals surface area contributed by atoms with E-state index in [2.05, 4.69) is 15.1 Å². The molecule has 0 atom stereocenters. The molecule has 0 saturated carbocycles. The first-order valence-electron chi connectivity index (χ1n) is 7.20. The fourth-order valence-electron chi connectivity index (χ4n) is 2.28. The lowest BCUT2D eigenvalue weighted by atomic mass is 9.79. The maximum Gasteiger partial charge on any atom is 0.498 e. The summed E-state index contributed by atoms with van der Waals surface area (Å²) in [6.45, 7) is 10.0. The molecule has 2 aromatic heterocycles. The molecule has 1 fully saturated rings. The molecule has 3 rings (SSSR count). The van der Waals surface area contributed by atoms with Crippen molar-refractivity contribution in [2.45, 2.75) is 45.8 Å². The quantitative estimate of drug-likeness (QED) is 0.827. The second kappa shape index (κ2) is 4.79. The van der Waals surface area contributed by atoms with E-state index >= 15 is 0 Å². The minimum absolute atomic E-state index is 0.211. The van der Waals surface area contributed by atoms with Crippen LogP contribution in [0.5, 0.6) is 0 Å². The van der Waals surface area contributed by atoms with E-state index in [0.717, 1.165) is 11.2 Å². The summed E-state index contributed by atoms with van der Waals surface area (Å²) in [5, 5.41) is 4.47. The number of nitrogens with zero attached hydrogens (tertiary/aromatic N) is 4. The first kappa shape index (κ1) is 15.0. The molecule has 22 heavy (non-hydrogen) atoms. The second-order valence-corrected chi connectivity index (χ2v) is 6.48. The molecule has 1 aliphatic rings. The molecule has 8 heteroatoms. The van der Waals surface area contributed by atoms with Gasteiger partial charge in [-0.3, -0.25) is 0 Å². The highest BCUT2D eigenvalue weighted by Crippen LogP contribution is 2.36. The highest BCUT2D eigenvalue weighted by molar-refractivity contribution is 6.62. The third-order valence-electron chi connectivity index (χ3n) is 4.34. The minimum Gasteiger partial charge on any atom is -0.399 e. The van der Waals surface area contributed by atoms with Gasteiger partial charge in [0.05, 0.1) is 16.9 Å². The van der Waals surface area contributed by atoms with Gasteiger partial charge in [0, 0.05) is 23.9 Å². The normalized spacial score (nSPS) is 19.6. The lowest BCUT2D eigenvalue weighted by molar-refractivity contribution is 0.00578. The molecule has 1 saturated heterocycles. The Morgan fingerprint density at radius 1 is 1.18 bits per heavy atom. The number of hydrogen-bond donors (Lipinski definition) is 1. The minimum atomic E-state index is -0.446. The summed E-state index contributed by atoms with van der Waals surface area (Å²) in [6, 6.07) is 1.75. The van der Waals surface area contributed by atoms with Gasteiger partial charge in [-0.25, -0.2) is 9.67 Å². The van der Waals surface area contributed by atoms with Crippen molar-refractivity contribution in [2.24, 2.45) is 0 Å². The second-order valence-electron chi connectivity index (χ2n) is 6.48. The van der Waals surface area contributed by atoms with Crippen LogP contribution in [-0.2, 0) is 9.31 Å². The molecule has 3 heterocycles. The fourth-order valence-corrected chi connectivity index (χ4v) is 2.28. The zero-order valence-electron chi connectivity index (χ0n) is 13.5. The first-order valence-corrected chi connectivity index (χ1v) is 7.20. The summed E-state index contributed by atoms with van der Waals surface area (Å²) in [6.07, 6.45) is 3.46. The van der Waals surface area contributed by atoms with Crippen LogP contribution in [0, 0.1) is 6.92 Å². The van der Waals surface area contributed by atoms with Gasteiger partial charge >= 0.3 is 7.12 Å². The standard InChI is InChI=1S/C14H20BN5O2/c1-9-10(15-21-13(2,3)14(4,5)22-15)8-20(19-9)11-6-7-17-12(16)18-11/h6-8H,1-5H3,(H2,16,17,18). The molecule has 0 aliphatic carbocycles. The number of aromatic nitrogens is 4. The third kappa shape index (κ3) is 2.38. The van der Waals surface area contributed by atoms with Gasteiger partial charge in [0.2, 0.25) is 5.95 Å². The molecule has 0 radical (unpaired) electrons. The van der Waals surface area contributed by atoms with E-state index in [4.69, 9.17) is 15.0 Å². The van der Waals surface area contributed by atoms with Gasteiger partial charge in [-0.1, -0.05) is 0 Å². The first-order chi connectivity index (χ1) is 10.2. The van der Waals surface area contributed by atoms with Gasteiger partial charge in [0.1, 0.15) is 0 Å². The van der Waals surface area contributed by atoms with Crippen LogP contribution in [0.3, 0.4) is 0 Å². The van der Waals surface area contributed by atoms with E-state index < -0.39 is 7.12 Å². The average Bonchev–Trinajstić information content (AvgIpc) is 2.88. The SMILES string of the molecule is Cc1nn(-c2ccnc(N)n2)cc1B1OC(C)(C)C(C)(C)O1. The molecule has 1 aliphatic heterocycles. The Labute approximate surface area is 130 Å². The molecular weight excluding hydrogens is 281 g/mol. The predicted octanol–water partition coefficient (Wildman–Crippen LogP) is 0.852. The fraction of sp³-hybridized carbons (Fsp3) is 0.500. The average molecular weight is 301 g/mol. The van der Waals surface area contributed by atoms with Crippen molar-refractivity contribution in [3.05, 3.63) is 24.2 Å². The van der Waals surface area contributed by atoms with E-state index in [9.17, 15) is 0 Å². The number of nitrogen functional groups attached to an aromatic ring is 1. The summed E-state index contributed by atoms with van der Waals surface area (Å²) in [4.78, 5) is 8.05. The van der Waals surface area contributed by atoms with Gasteiger partial charge in [-0.2, -0.15) is 10.1 Å². The van der Waals surface area contributed by atoms with Crippen molar-refractivity contribution in [1.82, 2.24) is 19.7 Å². The molecule has 2 N–H and O–H groups in total. The molecule has 2 aromatic rings. The van der Waals surface area contributed by atoms with E-state index in [0.29, 0.717) is 5.82 Å². The smallest absolute Gasteiger partial charge is 0.399 e. The van der Waals surface area contributed by atoms with E-state index in [1.54, 1.807) is 16.9 Å². The predicted molar refractivity (Wildman–Crippen MR) is 84.0 cm³/mol. The van der Waals surface area contributed by atoms with Crippen LogP contribution in [0.1, 0.15) is 33.4 Å². The number of rotatable bonds is 2. The molecule has 0 spiro atoms. The molecule has 0 bridgehead atoms. The molecular formula is C14H20BN5O2. The topological polar surface area (TPSA) is 88.1 Å². The number of nitrogens with two attached hydrogens (primary N) is 1. The third-order valence-corrected chi connectivity index (χ3v) is 4.34. The summed E-state index contributed by atoms with van der Waals surface area (Å²) >= 11 is 0. The zero-order chi connectivity index (χ0) is 16.1. The van der Waals surface area contributed by atoms with Gasteiger partial charge in [0.15, 0.2) is 5.82 Å². The van der Waals surface area contributed by atoms with Crippen molar-refractivity contribution in [2.75, 3.05) is 5.73 Å². The Balaban J connectivity index is 1.94. The maximum absolute atomic E-state index is 6.07. The van der Waals surface area contributed by atoms with Crippen molar-refractivity contribution in [3.8, 4) is 5.82 Å². The highest BCUT2D eigenvalue weighted by Gasteiger charge is 2.52. The summed E-state index contributed by atoms with van der Waals surface area (Å²) < 4.78 is 13.8. The number of anilines is 1. The number of aryl methyl sites for hydroxylation is 1. The van der Waals surface area contributed by atoms with Crippen molar-refractivity contribution in [1.29, 1.82) is 0 Å². The monoisotopic (exact) mass is 301 g/mol. The largest absolute Gasteiger partial charge is 0.498 e. The van der Waals surface area contributed by atoms with Gasteiger partial charge in [-0.15, -0.1) is 0 Å². The summed E-state index contributed by atoms with van der Waals surface area (Å²) in [7, 11) is -0.446.